The number of nitrogens with zero attached hydrogens (tertiary/aromatic N) is 2. The minimum atomic E-state index is -0.395. The molecule has 3 aromatic rings. The molecule has 1 N–H and O–H groups in total. The number of fused-ring (bicyclic) bond motifs is 1. The Kier molecular flexibility index (Phi) is 4.58. The Labute approximate surface area is 150 Å². The van der Waals surface area contributed by atoms with E-state index in [-0.39, 0.29) is 12.0 Å². The molecule has 3 heterocycles. The van der Waals surface area contributed by atoms with Crippen molar-refractivity contribution in [2.24, 2.45) is 0 Å². The molecule has 1 unspecified atom stereocenters. The third kappa shape index (κ3) is 3.41. The number of halogens is 1. The summed E-state index contributed by atoms with van der Waals surface area (Å²) in [6, 6.07) is 11.4. The summed E-state index contributed by atoms with van der Waals surface area (Å²) >= 11 is 0. The van der Waals surface area contributed by atoms with Crippen LogP contribution in [0.4, 0.5) is 4.39 Å². The second-order valence-corrected chi connectivity index (χ2v) is 6.28. The summed E-state index contributed by atoms with van der Waals surface area (Å²) < 4.78 is 19.2. The molecule has 1 atom stereocenters. The largest absolute Gasteiger partial charge is 0.376 e. The van der Waals surface area contributed by atoms with E-state index in [2.05, 4.69) is 15.3 Å². The average Bonchev–Trinajstić information content (AvgIpc) is 3.19. The van der Waals surface area contributed by atoms with Gasteiger partial charge in [-0.05, 0) is 43.2 Å². The van der Waals surface area contributed by atoms with Crippen LogP contribution in [0.15, 0.2) is 48.7 Å². The predicted octanol–water partition coefficient (Wildman–Crippen LogP) is 3.34. The molecule has 1 aromatic carbocycles. The number of aromatic nitrogens is 2. The highest BCUT2D eigenvalue weighted by atomic mass is 19.1. The fourth-order valence-corrected chi connectivity index (χ4v) is 3.14. The van der Waals surface area contributed by atoms with Gasteiger partial charge in [-0.2, -0.15) is 0 Å². The van der Waals surface area contributed by atoms with Gasteiger partial charge < -0.3 is 10.1 Å². The van der Waals surface area contributed by atoms with Crippen molar-refractivity contribution >= 4 is 16.8 Å². The van der Waals surface area contributed by atoms with Gasteiger partial charge in [0.05, 0.1) is 28.6 Å². The molecule has 2 aromatic heterocycles. The van der Waals surface area contributed by atoms with E-state index in [1.165, 1.54) is 12.1 Å². The standard InChI is InChI=1S/C20H18FN3O2/c21-13-6-7-15-16(20(25)23-12-14-4-3-9-26-14)11-19(24-18(15)10-13)17-5-1-2-8-22-17/h1-2,5-8,10-11,14H,3-4,9,12H2,(H,23,25). The van der Waals surface area contributed by atoms with E-state index in [0.29, 0.717) is 34.4 Å². The second kappa shape index (κ2) is 7.17. The maximum atomic E-state index is 13.7. The number of nitrogens with one attached hydrogen (secondary N) is 1. The van der Waals surface area contributed by atoms with E-state index >= 15 is 0 Å². The first-order chi connectivity index (χ1) is 12.7. The lowest BCUT2D eigenvalue weighted by Crippen LogP contribution is -2.32. The van der Waals surface area contributed by atoms with Gasteiger partial charge in [-0.15, -0.1) is 0 Å². The van der Waals surface area contributed by atoms with E-state index in [1.54, 1.807) is 24.4 Å². The highest BCUT2D eigenvalue weighted by Gasteiger charge is 2.19. The molecule has 132 valence electrons. The number of hydrogen-bond donors (Lipinski definition) is 1. The molecule has 1 saturated heterocycles. The summed E-state index contributed by atoms with van der Waals surface area (Å²) in [5.74, 6) is -0.620. The molecule has 26 heavy (non-hydrogen) atoms. The zero-order valence-corrected chi connectivity index (χ0v) is 14.1. The van der Waals surface area contributed by atoms with Gasteiger partial charge in [-0.25, -0.2) is 9.37 Å². The van der Waals surface area contributed by atoms with Crippen molar-refractivity contribution in [1.29, 1.82) is 0 Å². The molecule has 0 aliphatic carbocycles. The number of amides is 1. The molecule has 0 bridgehead atoms. The first-order valence-electron chi connectivity index (χ1n) is 8.62. The van der Waals surface area contributed by atoms with E-state index in [4.69, 9.17) is 4.74 Å². The van der Waals surface area contributed by atoms with Crippen molar-refractivity contribution in [3.8, 4) is 11.4 Å². The number of carbonyl (C=O) groups is 1. The first-order valence-corrected chi connectivity index (χ1v) is 8.62. The third-order valence-electron chi connectivity index (χ3n) is 4.46. The fourth-order valence-electron chi connectivity index (χ4n) is 3.14. The van der Waals surface area contributed by atoms with Gasteiger partial charge in [0, 0.05) is 30.8 Å². The minimum Gasteiger partial charge on any atom is -0.376 e. The summed E-state index contributed by atoms with van der Waals surface area (Å²) in [7, 11) is 0. The molecule has 6 heteroatoms. The van der Waals surface area contributed by atoms with Crippen molar-refractivity contribution in [2.45, 2.75) is 18.9 Å². The highest BCUT2D eigenvalue weighted by Crippen LogP contribution is 2.24. The highest BCUT2D eigenvalue weighted by molar-refractivity contribution is 6.07. The second-order valence-electron chi connectivity index (χ2n) is 6.28. The van der Waals surface area contributed by atoms with Gasteiger partial charge in [0.25, 0.3) is 5.91 Å². The Balaban J connectivity index is 1.72. The maximum absolute atomic E-state index is 13.7. The molecule has 1 aliphatic rings. The number of carbonyl (C=O) groups excluding carboxylic acids is 1. The van der Waals surface area contributed by atoms with Gasteiger partial charge in [-0.3, -0.25) is 9.78 Å². The summed E-state index contributed by atoms with van der Waals surface area (Å²) in [6.45, 7) is 1.20. The van der Waals surface area contributed by atoms with Crippen LogP contribution in [0.3, 0.4) is 0 Å². The van der Waals surface area contributed by atoms with Gasteiger partial charge >= 0.3 is 0 Å². The molecule has 0 radical (unpaired) electrons. The zero-order chi connectivity index (χ0) is 17.9. The smallest absolute Gasteiger partial charge is 0.252 e. The minimum absolute atomic E-state index is 0.0553. The molecule has 1 amide bonds. The van der Waals surface area contributed by atoms with E-state index in [0.717, 1.165) is 19.4 Å². The fraction of sp³-hybridized carbons (Fsp3) is 0.250. The molecular weight excluding hydrogens is 333 g/mol. The Bertz CT molecular complexity index is 940. The number of pyridine rings is 2. The van der Waals surface area contributed by atoms with Crippen LogP contribution in [0.2, 0.25) is 0 Å². The molecule has 4 rings (SSSR count). The summed E-state index contributed by atoms with van der Waals surface area (Å²) in [4.78, 5) is 21.5. The van der Waals surface area contributed by atoms with Crippen LogP contribution >= 0.6 is 0 Å². The molecule has 5 nitrogen and oxygen atoms in total. The van der Waals surface area contributed by atoms with Gasteiger partial charge in [0.15, 0.2) is 0 Å². The first kappa shape index (κ1) is 16.6. The van der Waals surface area contributed by atoms with Crippen LogP contribution in [0.5, 0.6) is 0 Å². The van der Waals surface area contributed by atoms with Crippen LogP contribution in [0.25, 0.3) is 22.3 Å². The van der Waals surface area contributed by atoms with E-state index in [9.17, 15) is 9.18 Å². The number of hydrogen-bond acceptors (Lipinski definition) is 4. The molecule has 0 saturated carbocycles. The molecular formula is C20H18FN3O2. The predicted molar refractivity (Wildman–Crippen MR) is 96.2 cm³/mol. The quantitative estimate of drug-likeness (QED) is 0.783. The van der Waals surface area contributed by atoms with Crippen LogP contribution < -0.4 is 5.32 Å². The Morgan fingerprint density at radius 2 is 2.15 bits per heavy atom. The number of ether oxygens (including phenoxy) is 1. The SMILES string of the molecule is O=C(NCC1CCCO1)c1cc(-c2ccccn2)nc2cc(F)ccc12. The normalized spacial score (nSPS) is 16.7. The van der Waals surface area contributed by atoms with Gasteiger partial charge in [-0.1, -0.05) is 6.07 Å². The lowest BCUT2D eigenvalue weighted by Gasteiger charge is -2.13. The third-order valence-corrected chi connectivity index (χ3v) is 4.46. The zero-order valence-electron chi connectivity index (χ0n) is 14.1. The van der Waals surface area contributed by atoms with Crippen LogP contribution in [-0.4, -0.2) is 35.1 Å². The summed E-state index contributed by atoms with van der Waals surface area (Å²) in [5, 5.41) is 3.53. The van der Waals surface area contributed by atoms with Gasteiger partial charge in [0.1, 0.15) is 5.82 Å². The van der Waals surface area contributed by atoms with Crippen LogP contribution in [-0.2, 0) is 4.74 Å². The molecule has 1 fully saturated rings. The van der Waals surface area contributed by atoms with E-state index in [1.807, 2.05) is 12.1 Å². The van der Waals surface area contributed by atoms with Crippen LogP contribution in [0.1, 0.15) is 23.2 Å². The van der Waals surface area contributed by atoms with Crippen molar-refractivity contribution in [3.63, 3.8) is 0 Å². The Hall–Kier alpha value is -2.86. The van der Waals surface area contributed by atoms with Crippen molar-refractivity contribution in [2.75, 3.05) is 13.2 Å². The lowest BCUT2D eigenvalue weighted by atomic mass is 10.1. The monoisotopic (exact) mass is 351 g/mol. The van der Waals surface area contributed by atoms with Crippen molar-refractivity contribution in [1.82, 2.24) is 15.3 Å². The van der Waals surface area contributed by atoms with Crippen molar-refractivity contribution < 1.29 is 13.9 Å². The van der Waals surface area contributed by atoms with Crippen molar-refractivity contribution in [3.05, 3.63) is 60.0 Å². The topological polar surface area (TPSA) is 64.1 Å². The van der Waals surface area contributed by atoms with Gasteiger partial charge in [0.2, 0.25) is 0 Å². The summed E-state index contributed by atoms with van der Waals surface area (Å²) in [5.41, 5.74) is 2.04. The lowest BCUT2D eigenvalue weighted by molar-refractivity contribution is 0.0859. The molecule has 0 spiro atoms. The molecule has 1 aliphatic heterocycles. The number of benzene rings is 1. The Morgan fingerprint density at radius 1 is 1.23 bits per heavy atom. The Morgan fingerprint density at radius 3 is 2.92 bits per heavy atom. The summed E-state index contributed by atoms with van der Waals surface area (Å²) in [6.07, 6.45) is 3.67. The van der Waals surface area contributed by atoms with E-state index < -0.39 is 5.82 Å². The number of rotatable bonds is 4. The maximum Gasteiger partial charge on any atom is 0.252 e. The average molecular weight is 351 g/mol. The van der Waals surface area contributed by atoms with Crippen LogP contribution in [0, 0.1) is 5.82 Å².